The van der Waals surface area contributed by atoms with Crippen molar-refractivity contribution < 1.29 is 14.3 Å². The second-order valence-electron chi connectivity index (χ2n) is 6.97. The molecule has 3 saturated carbocycles. The molecule has 3 rings (SSSR count). The molecule has 20 heavy (non-hydrogen) atoms. The maximum absolute atomic E-state index is 12.0. The van der Waals surface area contributed by atoms with E-state index in [0.29, 0.717) is 12.5 Å². The molecule has 1 unspecified atom stereocenters. The Hall–Kier alpha value is -0.570. The van der Waals surface area contributed by atoms with Gasteiger partial charge < -0.3 is 4.74 Å². The summed E-state index contributed by atoms with van der Waals surface area (Å²) in [7, 11) is 0. The first-order valence-electron chi connectivity index (χ1n) is 7.97. The summed E-state index contributed by atoms with van der Waals surface area (Å²) < 4.78 is 5.56. The molecule has 0 aromatic rings. The first-order chi connectivity index (χ1) is 9.61. The zero-order valence-electron chi connectivity index (χ0n) is 11.9. The van der Waals surface area contributed by atoms with Gasteiger partial charge in [0.25, 0.3) is 0 Å². The first-order valence-corrected chi connectivity index (χ1v) is 8.34. The highest BCUT2D eigenvalue weighted by Crippen LogP contribution is 2.62. The van der Waals surface area contributed by atoms with Crippen LogP contribution < -0.4 is 0 Å². The number of esters is 1. The van der Waals surface area contributed by atoms with Crippen molar-refractivity contribution in [2.45, 2.75) is 57.8 Å². The third-order valence-corrected chi connectivity index (χ3v) is 6.16. The summed E-state index contributed by atoms with van der Waals surface area (Å²) in [6, 6.07) is 0. The van der Waals surface area contributed by atoms with Crippen LogP contribution in [0, 0.1) is 23.2 Å². The summed E-state index contributed by atoms with van der Waals surface area (Å²) in [5.41, 5.74) is 0.266. The van der Waals surface area contributed by atoms with Crippen LogP contribution in [0.25, 0.3) is 0 Å². The SMILES string of the molecule is O=C(Cl)C1CC2(CCC2COC(=O)C2CCCCC2)C1. The Kier molecular flexibility index (Phi) is 4.07. The van der Waals surface area contributed by atoms with E-state index in [4.69, 9.17) is 16.3 Å². The Bertz CT molecular complexity index is 395. The maximum Gasteiger partial charge on any atom is 0.308 e. The van der Waals surface area contributed by atoms with Gasteiger partial charge in [-0.15, -0.1) is 0 Å². The predicted octanol–water partition coefficient (Wildman–Crippen LogP) is 3.68. The molecule has 0 aromatic carbocycles. The van der Waals surface area contributed by atoms with Crippen LogP contribution in [0.5, 0.6) is 0 Å². The molecular weight excluding hydrogens is 276 g/mol. The van der Waals surface area contributed by atoms with Gasteiger partial charge >= 0.3 is 5.97 Å². The molecule has 112 valence electrons. The monoisotopic (exact) mass is 298 g/mol. The fourth-order valence-electron chi connectivity index (χ4n) is 4.28. The molecule has 1 spiro atoms. The Balaban J connectivity index is 1.43. The maximum atomic E-state index is 12.0. The van der Waals surface area contributed by atoms with E-state index in [2.05, 4.69) is 0 Å². The predicted molar refractivity (Wildman–Crippen MR) is 76.3 cm³/mol. The highest BCUT2D eigenvalue weighted by molar-refractivity contribution is 6.64. The second-order valence-corrected chi connectivity index (χ2v) is 7.34. The van der Waals surface area contributed by atoms with Crippen LogP contribution in [-0.2, 0) is 14.3 Å². The first kappa shape index (κ1) is 14.4. The van der Waals surface area contributed by atoms with Crippen molar-refractivity contribution in [1.82, 2.24) is 0 Å². The smallest absolute Gasteiger partial charge is 0.308 e. The quantitative estimate of drug-likeness (QED) is 0.587. The average molecular weight is 299 g/mol. The van der Waals surface area contributed by atoms with E-state index < -0.39 is 0 Å². The van der Waals surface area contributed by atoms with Crippen molar-refractivity contribution in [3.05, 3.63) is 0 Å². The summed E-state index contributed by atoms with van der Waals surface area (Å²) in [5.74, 6) is 0.658. The molecule has 0 N–H and O–H groups in total. The number of hydrogen-bond donors (Lipinski definition) is 0. The molecule has 3 nitrogen and oxygen atoms in total. The van der Waals surface area contributed by atoms with E-state index in [1.54, 1.807) is 0 Å². The summed E-state index contributed by atoms with van der Waals surface area (Å²) in [6.45, 7) is 0.554. The Morgan fingerprint density at radius 3 is 2.30 bits per heavy atom. The molecule has 1 atom stereocenters. The fraction of sp³-hybridized carbons (Fsp3) is 0.875. The highest BCUT2D eigenvalue weighted by atomic mass is 35.5. The minimum Gasteiger partial charge on any atom is -0.465 e. The molecule has 0 aliphatic heterocycles. The van der Waals surface area contributed by atoms with Crippen molar-refractivity contribution in [3.63, 3.8) is 0 Å². The zero-order valence-corrected chi connectivity index (χ0v) is 12.7. The van der Waals surface area contributed by atoms with Crippen LogP contribution in [0.4, 0.5) is 0 Å². The topological polar surface area (TPSA) is 43.4 Å². The lowest BCUT2D eigenvalue weighted by Crippen LogP contribution is -2.53. The van der Waals surface area contributed by atoms with Gasteiger partial charge in [-0.3, -0.25) is 9.59 Å². The molecule has 4 heteroatoms. The van der Waals surface area contributed by atoms with E-state index >= 15 is 0 Å². The number of rotatable bonds is 4. The van der Waals surface area contributed by atoms with Gasteiger partial charge in [-0.2, -0.15) is 0 Å². The van der Waals surface area contributed by atoms with E-state index in [9.17, 15) is 9.59 Å². The van der Waals surface area contributed by atoms with E-state index in [0.717, 1.165) is 44.9 Å². The summed E-state index contributed by atoms with van der Waals surface area (Å²) in [5, 5.41) is -0.194. The third kappa shape index (κ3) is 2.61. The minimum absolute atomic E-state index is 0.0102. The normalized spacial score (nSPS) is 37.0. The fourth-order valence-corrected chi connectivity index (χ4v) is 4.43. The van der Waals surface area contributed by atoms with E-state index in [1.807, 2.05) is 0 Å². The van der Waals surface area contributed by atoms with Crippen molar-refractivity contribution >= 4 is 22.8 Å². The van der Waals surface area contributed by atoms with Crippen LogP contribution in [0.2, 0.25) is 0 Å². The Morgan fingerprint density at radius 1 is 1.05 bits per heavy atom. The number of carbonyl (C=O) groups is 2. The standard InChI is InChI=1S/C16H23ClO3/c17-14(18)12-8-16(9-12)7-6-13(16)10-20-15(19)11-4-2-1-3-5-11/h11-13H,1-10H2. The van der Waals surface area contributed by atoms with Gasteiger partial charge in [0, 0.05) is 5.92 Å². The van der Waals surface area contributed by atoms with Gasteiger partial charge in [-0.1, -0.05) is 19.3 Å². The number of ether oxygens (including phenoxy) is 1. The number of carbonyl (C=O) groups excluding carboxylic acids is 2. The largest absolute Gasteiger partial charge is 0.465 e. The van der Waals surface area contributed by atoms with Crippen LogP contribution in [0.3, 0.4) is 0 Å². The molecule has 0 radical (unpaired) electrons. The minimum atomic E-state index is -0.194. The molecule has 0 aromatic heterocycles. The summed E-state index contributed by atoms with van der Waals surface area (Å²) in [4.78, 5) is 23.1. The Labute approximate surface area is 125 Å². The molecular formula is C16H23ClO3. The van der Waals surface area contributed by atoms with Crippen LogP contribution >= 0.6 is 11.6 Å². The van der Waals surface area contributed by atoms with Crippen molar-refractivity contribution in [3.8, 4) is 0 Å². The summed E-state index contributed by atoms with van der Waals surface area (Å²) >= 11 is 5.54. The molecule has 0 saturated heterocycles. The van der Waals surface area contributed by atoms with Gasteiger partial charge in [0.05, 0.1) is 12.5 Å². The molecule has 0 heterocycles. The van der Waals surface area contributed by atoms with Crippen molar-refractivity contribution in [2.75, 3.05) is 6.61 Å². The molecule has 3 aliphatic carbocycles. The summed E-state index contributed by atoms with van der Waals surface area (Å²) in [6.07, 6.45) is 9.67. The van der Waals surface area contributed by atoms with Crippen LogP contribution in [0.15, 0.2) is 0 Å². The van der Waals surface area contributed by atoms with Gasteiger partial charge in [0.15, 0.2) is 0 Å². The number of halogens is 1. The average Bonchev–Trinajstić information content (AvgIpc) is 2.36. The lowest BCUT2D eigenvalue weighted by atomic mass is 9.47. The lowest BCUT2D eigenvalue weighted by Gasteiger charge is -2.58. The van der Waals surface area contributed by atoms with Gasteiger partial charge in [0.2, 0.25) is 5.24 Å². The highest BCUT2D eigenvalue weighted by Gasteiger charge is 2.56. The van der Waals surface area contributed by atoms with Gasteiger partial charge in [0.1, 0.15) is 0 Å². The molecule has 3 aliphatic rings. The number of hydrogen-bond acceptors (Lipinski definition) is 3. The molecule has 0 amide bonds. The van der Waals surface area contributed by atoms with Crippen molar-refractivity contribution in [1.29, 1.82) is 0 Å². The third-order valence-electron chi connectivity index (χ3n) is 5.85. The van der Waals surface area contributed by atoms with Crippen LogP contribution in [0.1, 0.15) is 57.8 Å². The lowest BCUT2D eigenvalue weighted by molar-refractivity contribution is -0.164. The Morgan fingerprint density at radius 2 is 1.75 bits per heavy atom. The van der Waals surface area contributed by atoms with Crippen LogP contribution in [-0.4, -0.2) is 17.8 Å². The van der Waals surface area contributed by atoms with E-state index in [-0.39, 0.29) is 28.5 Å². The zero-order chi connectivity index (χ0) is 14.2. The second kappa shape index (κ2) is 5.67. The van der Waals surface area contributed by atoms with Gasteiger partial charge in [-0.25, -0.2) is 0 Å². The van der Waals surface area contributed by atoms with Crippen molar-refractivity contribution in [2.24, 2.45) is 23.2 Å². The van der Waals surface area contributed by atoms with E-state index in [1.165, 1.54) is 12.8 Å². The molecule has 0 bridgehead atoms. The van der Waals surface area contributed by atoms with Gasteiger partial charge in [-0.05, 0) is 61.5 Å². The molecule has 3 fully saturated rings.